The molecule has 114 valence electrons. The van der Waals surface area contributed by atoms with Crippen LogP contribution in [0.15, 0.2) is 53.8 Å². The van der Waals surface area contributed by atoms with Gasteiger partial charge >= 0.3 is 0 Å². The summed E-state index contributed by atoms with van der Waals surface area (Å²) in [6.45, 7) is 0. The molecule has 1 fully saturated rings. The molecule has 3 heterocycles. The molecule has 6 nitrogen and oxygen atoms in total. The number of hydrogen-bond acceptors (Lipinski definition) is 4. The van der Waals surface area contributed by atoms with Crippen LogP contribution in [0.2, 0.25) is 0 Å². The number of fused-ring (bicyclic) bond motifs is 1. The van der Waals surface area contributed by atoms with Gasteiger partial charge in [0.05, 0.1) is 5.39 Å². The third-order valence-electron chi connectivity index (χ3n) is 3.91. The van der Waals surface area contributed by atoms with Crippen molar-refractivity contribution in [2.24, 2.45) is 0 Å². The SMILES string of the molecule is O=C(Nc1ccncc1)c1cn(C2CC2)c2ncccc2c1=O. The molecule has 0 saturated heterocycles. The largest absolute Gasteiger partial charge is 0.328 e. The number of rotatable bonds is 3. The van der Waals surface area contributed by atoms with Crippen LogP contribution in [-0.4, -0.2) is 20.4 Å². The molecule has 0 bridgehead atoms. The molecule has 0 spiro atoms. The monoisotopic (exact) mass is 306 g/mol. The average Bonchev–Trinajstić information content (AvgIpc) is 3.41. The Morgan fingerprint density at radius 3 is 2.70 bits per heavy atom. The molecule has 1 aliphatic carbocycles. The summed E-state index contributed by atoms with van der Waals surface area (Å²) in [5, 5.41) is 3.21. The van der Waals surface area contributed by atoms with Crippen LogP contribution >= 0.6 is 0 Å². The quantitative estimate of drug-likeness (QED) is 0.806. The summed E-state index contributed by atoms with van der Waals surface area (Å²) < 4.78 is 1.94. The molecule has 0 radical (unpaired) electrons. The zero-order valence-corrected chi connectivity index (χ0v) is 12.3. The molecular formula is C17H14N4O2. The summed E-state index contributed by atoms with van der Waals surface area (Å²) in [6, 6.07) is 7.11. The van der Waals surface area contributed by atoms with E-state index in [2.05, 4.69) is 15.3 Å². The molecule has 1 amide bonds. The highest BCUT2D eigenvalue weighted by atomic mass is 16.2. The Hall–Kier alpha value is -3.02. The van der Waals surface area contributed by atoms with E-state index in [1.807, 2.05) is 4.57 Å². The fraction of sp³-hybridized carbons (Fsp3) is 0.176. The molecule has 3 aromatic heterocycles. The molecule has 3 aromatic rings. The van der Waals surface area contributed by atoms with Crippen molar-refractivity contribution in [3.05, 3.63) is 64.8 Å². The maximum atomic E-state index is 12.6. The van der Waals surface area contributed by atoms with Crippen molar-refractivity contribution in [3.63, 3.8) is 0 Å². The van der Waals surface area contributed by atoms with E-state index >= 15 is 0 Å². The second kappa shape index (κ2) is 5.31. The number of carbonyl (C=O) groups is 1. The van der Waals surface area contributed by atoms with Gasteiger partial charge in [0, 0.05) is 36.5 Å². The highest BCUT2D eigenvalue weighted by Crippen LogP contribution is 2.36. The second-order valence-corrected chi connectivity index (χ2v) is 5.57. The number of amides is 1. The van der Waals surface area contributed by atoms with Crippen molar-refractivity contribution >= 4 is 22.6 Å². The van der Waals surface area contributed by atoms with Crippen LogP contribution in [0.25, 0.3) is 11.0 Å². The normalized spacial score (nSPS) is 13.9. The van der Waals surface area contributed by atoms with Gasteiger partial charge in [0.15, 0.2) is 0 Å². The van der Waals surface area contributed by atoms with Crippen molar-refractivity contribution in [1.29, 1.82) is 0 Å². The van der Waals surface area contributed by atoms with Gasteiger partial charge < -0.3 is 9.88 Å². The van der Waals surface area contributed by atoms with Crippen LogP contribution in [0.1, 0.15) is 29.2 Å². The lowest BCUT2D eigenvalue weighted by atomic mass is 10.1. The van der Waals surface area contributed by atoms with Crippen molar-refractivity contribution in [1.82, 2.24) is 14.5 Å². The number of anilines is 1. The van der Waals surface area contributed by atoms with Gasteiger partial charge in [0.25, 0.3) is 5.91 Å². The van der Waals surface area contributed by atoms with Gasteiger partial charge in [0.2, 0.25) is 5.43 Å². The first-order valence-electron chi connectivity index (χ1n) is 7.45. The van der Waals surface area contributed by atoms with Gasteiger partial charge in [-0.2, -0.15) is 0 Å². The number of aromatic nitrogens is 3. The van der Waals surface area contributed by atoms with Gasteiger partial charge in [-0.25, -0.2) is 4.98 Å². The van der Waals surface area contributed by atoms with E-state index in [-0.39, 0.29) is 11.0 Å². The van der Waals surface area contributed by atoms with Gasteiger partial charge in [-0.1, -0.05) is 0 Å². The van der Waals surface area contributed by atoms with Crippen LogP contribution in [0, 0.1) is 0 Å². The lowest BCUT2D eigenvalue weighted by Gasteiger charge is -2.11. The van der Waals surface area contributed by atoms with Crippen LogP contribution in [0.5, 0.6) is 0 Å². The Labute approximate surface area is 131 Å². The van der Waals surface area contributed by atoms with E-state index in [9.17, 15) is 9.59 Å². The molecular weight excluding hydrogens is 292 g/mol. The number of carbonyl (C=O) groups excluding carboxylic acids is 1. The molecule has 6 heteroatoms. The van der Waals surface area contributed by atoms with E-state index in [4.69, 9.17) is 0 Å². The number of pyridine rings is 3. The minimum absolute atomic E-state index is 0.134. The topological polar surface area (TPSA) is 76.9 Å². The molecule has 1 saturated carbocycles. The van der Waals surface area contributed by atoms with E-state index in [0.717, 1.165) is 12.8 Å². The summed E-state index contributed by atoms with van der Waals surface area (Å²) in [5.74, 6) is -0.415. The molecule has 1 N–H and O–H groups in total. The van der Waals surface area contributed by atoms with Crippen LogP contribution < -0.4 is 10.7 Å². The Morgan fingerprint density at radius 2 is 1.96 bits per heavy atom. The predicted molar refractivity (Wildman–Crippen MR) is 86.5 cm³/mol. The van der Waals surface area contributed by atoms with E-state index in [1.54, 1.807) is 49.1 Å². The van der Waals surface area contributed by atoms with Crippen LogP contribution in [0.4, 0.5) is 5.69 Å². The first-order chi connectivity index (χ1) is 11.2. The van der Waals surface area contributed by atoms with Gasteiger partial charge in [-0.3, -0.25) is 14.6 Å². The third-order valence-corrected chi connectivity index (χ3v) is 3.91. The first kappa shape index (κ1) is 13.6. The number of nitrogens with zero attached hydrogens (tertiary/aromatic N) is 3. The fourth-order valence-electron chi connectivity index (χ4n) is 2.61. The van der Waals surface area contributed by atoms with Crippen molar-refractivity contribution < 1.29 is 4.79 Å². The predicted octanol–water partition coefficient (Wildman–Crippen LogP) is 2.38. The maximum Gasteiger partial charge on any atom is 0.261 e. The van der Waals surface area contributed by atoms with Gasteiger partial charge in [-0.15, -0.1) is 0 Å². The summed E-state index contributed by atoms with van der Waals surface area (Å²) in [7, 11) is 0. The molecule has 1 aliphatic rings. The first-order valence-corrected chi connectivity index (χ1v) is 7.45. The van der Waals surface area contributed by atoms with Gasteiger partial charge in [0.1, 0.15) is 11.2 Å². The van der Waals surface area contributed by atoms with Gasteiger partial charge in [-0.05, 0) is 37.1 Å². The summed E-state index contributed by atoms with van der Waals surface area (Å²) >= 11 is 0. The van der Waals surface area contributed by atoms with Crippen LogP contribution in [-0.2, 0) is 0 Å². The minimum atomic E-state index is -0.415. The molecule has 4 rings (SSSR count). The van der Waals surface area contributed by atoms with E-state index in [1.165, 1.54) is 0 Å². The summed E-state index contributed by atoms with van der Waals surface area (Å²) in [4.78, 5) is 33.4. The Kier molecular flexibility index (Phi) is 3.15. The summed E-state index contributed by atoms with van der Waals surface area (Å²) in [6.07, 6.45) is 8.55. The molecule has 0 unspecified atom stereocenters. The van der Waals surface area contributed by atoms with Crippen LogP contribution in [0.3, 0.4) is 0 Å². The molecule has 0 atom stereocenters. The lowest BCUT2D eigenvalue weighted by molar-refractivity contribution is 0.102. The number of hydrogen-bond donors (Lipinski definition) is 1. The minimum Gasteiger partial charge on any atom is -0.328 e. The zero-order chi connectivity index (χ0) is 15.8. The lowest BCUT2D eigenvalue weighted by Crippen LogP contribution is -2.24. The Morgan fingerprint density at radius 1 is 1.17 bits per heavy atom. The highest BCUT2D eigenvalue weighted by molar-refractivity contribution is 6.05. The molecule has 0 aromatic carbocycles. The average molecular weight is 306 g/mol. The maximum absolute atomic E-state index is 12.6. The van der Waals surface area contributed by atoms with E-state index < -0.39 is 5.91 Å². The summed E-state index contributed by atoms with van der Waals surface area (Å²) in [5.41, 5.74) is 1.08. The van der Waals surface area contributed by atoms with Crippen molar-refractivity contribution in [2.45, 2.75) is 18.9 Å². The standard InChI is InChI=1S/C17H14N4O2/c22-15-13-2-1-7-19-16(13)21(12-3-4-12)10-14(15)17(23)20-11-5-8-18-9-6-11/h1-2,5-10,12H,3-4H2,(H,18,20,23). The number of nitrogens with one attached hydrogen (secondary N) is 1. The molecule has 0 aliphatic heterocycles. The fourth-order valence-corrected chi connectivity index (χ4v) is 2.61. The van der Waals surface area contributed by atoms with Crippen molar-refractivity contribution in [3.8, 4) is 0 Å². The Bertz CT molecular complexity index is 946. The highest BCUT2D eigenvalue weighted by Gasteiger charge is 2.27. The molecule has 23 heavy (non-hydrogen) atoms. The Balaban J connectivity index is 1.82. The zero-order valence-electron chi connectivity index (χ0n) is 12.3. The smallest absolute Gasteiger partial charge is 0.261 e. The van der Waals surface area contributed by atoms with E-state index in [0.29, 0.717) is 22.8 Å². The van der Waals surface area contributed by atoms with Crippen molar-refractivity contribution in [2.75, 3.05) is 5.32 Å². The third kappa shape index (κ3) is 2.48. The second-order valence-electron chi connectivity index (χ2n) is 5.57.